The van der Waals surface area contributed by atoms with Crippen molar-refractivity contribution in [3.05, 3.63) is 29.8 Å². The van der Waals surface area contributed by atoms with Crippen molar-refractivity contribution in [2.45, 2.75) is 11.3 Å². The van der Waals surface area contributed by atoms with Crippen LogP contribution in [-0.4, -0.2) is 40.8 Å². The van der Waals surface area contributed by atoms with Gasteiger partial charge in [-0.1, -0.05) is 18.2 Å². The summed E-state index contributed by atoms with van der Waals surface area (Å²) in [7, 11) is -1.79. The highest BCUT2D eigenvalue weighted by Crippen LogP contribution is 2.15. The third-order valence-corrected chi connectivity index (χ3v) is 3.56. The summed E-state index contributed by atoms with van der Waals surface area (Å²) in [6, 6.07) is 6.78. The summed E-state index contributed by atoms with van der Waals surface area (Å²) < 4.78 is 27.8. The topological polar surface area (TPSA) is 72.5 Å². The molecule has 0 saturated heterocycles. The molecule has 1 N–H and O–H groups in total. The fraction of sp³-hybridized carbons (Fsp3) is 0.417. The summed E-state index contributed by atoms with van der Waals surface area (Å²) in [5.74, 6) is -0.214. The van der Waals surface area contributed by atoms with E-state index in [1.165, 1.54) is 13.4 Å². The molecule has 6 heteroatoms. The van der Waals surface area contributed by atoms with Gasteiger partial charge in [0.25, 0.3) is 0 Å². The lowest BCUT2D eigenvalue weighted by atomic mass is 10.1. The van der Waals surface area contributed by atoms with Crippen LogP contribution in [0.4, 0.5) is 0 Å². The molecule has 1 rings (SSSR count). The van der Waals surface area contributed by atoms with E-state index in [0.717, 1.165) is 0 Å². The van der Waals surface area contributed by atoms with Gasteiger partial charge in [-0.3, -0.25) is 4.79 Å². The van der Waals surface area contributed by atoms with E-state index in [1.54, 1.807) is 24.3 Å². The summed E-state index contributed by atoms with van der Waals surface area (Å²) in [4.78, 5) is 11.5. The lowest BCUT2D eigenvalue weighted by Crippen LogP contribution is -2.29. The molecule has 0 bridgehead atoms. The maximum absolute atomic E-state index is 11.5. The van der Waals surface area contributed by atoms with Crippen LogP contribution >= 0.6 is 0 Å². The summed E-state index contributed by atoms with van der Waals surface area (Å²) >= 11 is 0. The van der Waals surface area contributed by atoms with Crippen LogP contribution in [0.3, 0.4) is 0 Å². The number of methoxy groups -OCH3 is 1. The van der Waals surface area contributed by atoms with E-state index in [9.17, 15) is 13.2 Å². The quantitative estimate of drug-likeness (QED) is 0.812. The Balaban J connectivity index is 2.66. The predicted octanol–water partition coefficient (Wildman–Crippen LogP) is 0.395. The SMILES string of the molecule is COCC(=O)NCCc1ccccc1S(C)(=O)=O. The molecule has 1 aromatic carbocycles. The lowest BCUT2D eigenvalue weighted by Gasteiger charge is -2.08. The van der Waals surface area contributed by atoms with Gasteiger partial charge >= 0.3 is 0 Å². The average molecular weight is 271 g/mol. The number of carbonyl (C=O) groups excluding carboxylic acids is 1. The van der Waals surface area contributed by atoms with Gasteiger partial charge < -0.3 is 10.1 Å². The molecular weight excluding hydrogens is 254 g/mol. The van der Waals surface area contributed by atoms with Crippen LogP contribution in [0.1, 0.15) is 5.56 Å². The van der Waals surface area contributed by atoms with E-state index in [4.69, 9.17) is 0 Å². The van der Waals surface area contributed by atoms with Gasteiger partial charge in [0.2, 0.25) is 5.91 Å². The smallest absolute Gasteiger partial charge is 0.245 e. The molecular formula is C12H17NO4S. The number of carbonyl (C=O) groups is 1. The molecule has 0 heterocycles. The van der Waals surface area contributed by atoms with E-state index < -0.39 is 9.84 Å². The summed E-state index contributed by atoms with van der Waals surface area (Å²) in [5, 5.41) is 2.65. The number of ether oxygens (including phenoxy) is 1. The van der Waals surface area contributed by atoms with Crippen molar-refractivity contribution in [1.29, 1.82) is 0 Å². The van der Waals surface area contributed by atoms with Crippen LogP contribution in [0.15, 0.2) is 29.2 Å². The van der Waals surface area contributed by atoms with E-state index in [-0.39, 0.29) is 12.5 Å². The van der Waals surface area contributed by atoms with Crippen LogP contribution in [0, 0.1) is 0 Å². The van der Waals surface area contributed by atoms with Gasteiger partial charge in [0.05, 0.1) is 4.90 Å². The van der Waals surface area contributed by atoms with Crippen LogP contribution in [0.5, 0.6) is 0 Å². The molecule has 1 amide bonds. The Bertz CT molecular complexity index is 511. The molecule has 100 valence electrons. The van der Waals surface area contributed by atoms with Crippen molar-refractivity contribution in [3.63, 3.8) is 0 Å². The fourth-order valence-corrected chi connectivity index (χ4v) is 2.56. The molecule has 0 saturated carbocycles. The second-order valence-corrected chi connectivity index (χ2v) is 5.90. The number of hydrogen-bond donors (Lipinski definition) is 1. The number of benzene rings is 1. The first kappa shape index (κ1) is 14.7. The third kappa shape index (κ3) is 4.46. The van der Waals surface area contributed by atoms with E-state index in [2.05, 4.69) is 10.1 Å². The minimum absolute atomic E-state index is 0.00766. The Morgan fingerprint density at radius 1 is 1.33 bits per heavy atom. The Morgan fingerprint density at radius 2 is 2.00 bits per heavy atom. The minimum atomic E-state index is -3.23. The molecule has 0 aliphatic carbocycles. The first-order chi connectivity index (χ1) is 8.45. The Kier molecular flexibility index (Phi) is 5.30. The maximum atomic E-state index is 11.5. The second-order valence-electron chi connectivity index (χ2n) is 3.91. The van der Waals surface area contributed by atoms with Gasteiger partial charge in [-0.05, 0) is 18.1 Å². The van der Waals surface area contributed by atoms with Gasteiger partial charge in [-0.15, -0.1) is 0 Å². The Labute approximate surface area is 107 Å². The highest BCUT2D eigenvalue weighted by atomic mass is 32.2. The average Bonchev–Trinajstić information content (AvgIpc) is 2.28. The third-order valence-electron chi connectivity index (χ3n) is 2.36. The van der Waals surface area contributed by atoms with Crippen molar-refractivity contribution in [3.8, 4) is 0 Å². The largest absolute Gasteiger partial charge is 0.375 e. The first-order valence-electron chi connectivity index (χ1n) is 5.48. The summed E-state index contributed by atoms with van der Waals surface area (Å²) in [6.45, 7) is 0.391. The molecule has 18 heavy (non-hydrogen) atoms. The van der Waals surface area contributed by atoms with E-state index in [0.29, 0.717) is 23.4 Å². The molecule has 0 spiro atoms. The zero-order chi connectivity index (χ0) is 13.6. The van der Waals surface area contributed by atoms with Crippen LogP contribution in [0.2, 0.25) is 0 Å². The first-order valence-corrected chi connectivity index (χ1v) is 7.38. The summed E-state index contributed by atoms with van der Waals surface area (Å²) in [6.07, 6.45) is 1.65. The monoisotopic (exact) mass is 271 g/mol. The predicted molar refractivity (Wildman–Crippen MR) is 68.1 cm³/mol. The lowest BCUT2D eigenvalue weighted by molar-refractivity contribution is -0.124. The number of nitrogens with one attached hydrogen (secondary N) is 1. The fourth-order valence-electron chi connectivity index (χ4n) is 1.59. The van der Waals surface area contributed by atoms with Gasteiger partial charge in [0.15, 0.2) is 9.84 Å². The van der Waals surface area contributed by atoms with Gasteiger partial charge in [0.1, 0.15) is 6.61 Å². The van der Waals surface area contributed by atoms with E-state index in [1.807, 2.05) is 0 Å². The molecule has 0 aliphatic rings. The maximum Gasteiger partial charge on any atom is 0.245 e. The van der Waals surface area contributed by atoms with Crippen molar-refractivity contribution in [2.75, 3.05) is 26.5 Å². The number of hydrogen-bond acceptors (Lipinski definition) is 4. The van der Waals surface area contributed by atoms with Crippen molar-refractivity contribution in [1.82, 2.24) is 5.32 Å². The van der Waals surface area contributed by atoms with Crippen molar-refractivity contribution in [2.24, 2.45) is 0 Å². The molecule has 0 aromatic heterocycles. The number of amides is 1. The van der Waals surface area contributed by atoms with Crippen molar-refractivity contribution < 1.29 is 17.9 Å². The Morgan fingerprint density at radius 3 is 2.61 bits per heavy atom. The summed E-state index contributed by atoms with van der Waals surface area (Å²) in [5.41, 5.74) is 0.706. The van der Waals surface area contributed by atoms with Crippen molar-refractivity contribution >= 4 is 15.7 Å². The molecule has 0 unspecified atom stereocenters. The molecule has 1 aromatic rings. The van der Waals surface area contributed by atoms with Gasteiger partial charge in [-0.25, -0.2) is 8.42 Å². The molecule has 5 nitrogen and oxygen atoms in total. The van der Waals surface area contributed by atoms with Crippen LogP contribution in [0.25, 0.3) is 0 Å². The van der Waals surface area contributed by atoms with Gasteiger partial charge in [0, 0.05) is 19.9 Å². The van der Waals surface area contributed by atoms with Gasteiger partial charge in [-0.2, -0.15) is 0 Å². The number of rotatable bonds is 6. The van der Waals surface area contributed by atoms with E-state index >= 15 is 0 Å². The molecule has 0 atom stereocenters. The minimum Gasteiger partial charge on any atom is -0.375 e. The standard InChI is InChI=1S/C12H17NO4S/c1-17-9-12(14)13-8-7-10-5-3-4-6-11(10)18(2,15)16/h3-6H,7-9H2,1-2H3,(H,13,14). The Hall–Kier alpha value is -1.40. The second kappa shape index (κ2) is 6.51. The highest BCUT2D eigenvalue weighted by Gasteiger charge is 2.12. The van der Waals surface area contributed by atoms with Crippen LogP contribution < -0.4 is 5.32 Å². The molecule has 0 radical (unpaired) electrons. The molecule has 0 aliphatic heterocycles. The zero-order valence-electron chi connectivity index (χ0n) is 10.5. The normalized spacial score (nSPS) is 11.2. The number of sulfone groups is 1. The highest BCUT2D eigenvalue weighted by molar-refractivity contribution is 7.90. The molecule has 0 fully saturated rings. The van der Waals surface area contributed by atoms with Crippen LogP contribution in [-0.2, 0) is 25.8 Å². The zero-order valence-corrected chi connectivity index (χ0v) is 11.3.